The minimum absolute atomic E-state index is 0.105. The molecule has 1 unspecified atom stereocenters. The number of hydrogen-bond acceptors (Lipinski definition) is 7. The molecule has 26 heavy (non-hydrogen) atoms. The third-order valence-electron chi connectivity index (χ3n) is 3.31. The molecule has 0 amide bonds. The Morgan fingerprint density at radius 2 is 2.00 bits per heavy atom. The van der Waals surface area contributed by atoms with E-state index in [1.54, 1.807) is 13.3 Å². The summed E-state index contributed by atoms with van der Waals surface area (Å²) in [6.07, 6.45) is 3.30. The number of aromatic nitrogens is 4. The topological polar surface area (TPSA) is 110 Å². The van der Waals surface area contributed by atoms with E-state index in [4.69, 9.17) is 14.6 Å². The zero-order valence-corrected chi connectivity index (χ0v) is 14.9. The molecule has 3 aromatic rings. The number of hydrogen-bond donors (Lipinski definition) is 2. The monoisotopic (exact) mass is 355 g/mol. The van der Waals surface area contributed by atoms with Gasteiger partial charge in [0.25, 0.3) is 5.97 Å². The Morgan fingerprint density at radius 1 is 1.23 bits per heavy atom. The SMILES string of the molecule is CC(=O)O.COCC(Nc1ncnc2ccc(C)nc12)c1ccccn1. The molecule has 136 valence electrons. The lowest BCUT2D eigenvalue weighted by Gasteiger charge is -2.18. The number of carboxylic acids is 1. The molecule has 3 rings (SSSR count). The molecule has 0 spiro atoms. The number of fused-ring (bicyclic) bond motifs is 1. The molecule has 8 nitrogen and oxygen atoms in total. The lowest BCUT2D eigenvalue weighted by molar-refractivity contribution is -0.134. The summed E-state index contributed by atoms with van der Waals surface area (Å²) in [5, 5.41) is 10.8. The highest BCUT2D eigenvalue weighted by Crippen LogP contribution is 2.22. The molecule has 3 heterocycles. The summed E-state index contributed by atoms with van der Waals surface area (Å²) in [6.45, 7) is 3.51. The zero-order valence-electron chi connectivity index (χ0n) is 14.9. The highest BCUT2D eigenvalue weighted by molar-refractivity contribution is 5.84. The van der Waals surface area contributed by atoms with Crippen LogP contribution < -0.4 is 5.32 Å². The second-order valence-corrected chi connectivity index (χ2v) is 5.47. The number of carbonyl (C=O) groups is 1. The van der Waals surface area contributed by atoms with Crippen molar-refractivity contribution in [1.29, 1.82) is 0 Å². The van der Waals surface area contributed by atoms with E-state index in [1.807, 2.05) is 37.3 Å². The Kier molecular flexibility index (Phi) is 6.92. The molecule has 0 bridgehead atoms. The van der Waals surface area contributed by atoms with E-state index >= 15 is 0 Å². The first-order valence-corrected chi connectivity index (χ1v) is 7.95. The van der Waals surface area contributed by atoms with E-state index in [0.717, 1.165) is 29.3 Å². The quantitative estimate of drug-likeness (QED) is 0.718. The molecule has 0 aliphatic rings. The number of methoxy groups -OCH3 is 1. The summed E-state index contributed by atoms with van der Waals surface area (Å²) in [4.78, 5) is 26.5. The van der Waals surface area contributed by atoms with E-state index < -0.39 is 5.97 Å². The molecule has 3 aromatic heterocycles. The van der Waals surface area contributed by atoms with Crippen molar-refractivity contribution in [2.45, 2.75) is 19.9 Å². The van der Waals surface area contributed by atoms with Crippen LogP contribution in [0.2, 0.25) is 0 Å². The van der Waals surface area contributed by atoms with Crippen molar-refractivity contribution in [1.82, 2.24) is 19.9 Å². The summed E-state index contributed by atoms with van der Waals surface area (Å²) in [6, 6.07) is 9.57. The van der Waals surface area contributed by atoms with Crippen LogP contribution in [0.15, 0.2) is 42.9 Å². The number of rotatable bonds is 5. The highest BCUT2D eigenvalue weighted by Gasteiger charge is 2.15. The average Bonchev–Trinajstić information content (AvgIpc) is 2.62. The first-order chi connectivity index (χ1) is 12.5. The normalized spacial score (nSPS) is 11.3. The Labute approximate surface area is 151 Å². The number of pyridine rings is 2. The van der Waals surface area contributed by atoms with Crippen molar-refractivity contribution < 1.29 is 14.6 Å². The number of nitrogens with one attached hydrogen (secondary N) is 1. The fraction of sp³-hybridized carbons (Fsp3) is 0.278. The van der Waals surface area contributed by atoms with Gasteiger partial charge in [0, 0.05) is 25.9 Å². The van der Waals surface area contributed by atoms with Gasteiger partial charge in [-0.1, -0.05) is 6.07 Å². The first kappa shape index (κ1) is 19.2. The molecule has 0 saturated carbocycles. The molecular weight excluding hydrogens is 334 g/mol. The van der Waals surface area contributed by atoms with Crippen LogP contribution in [0.1, 0.15) is 24.4 Å². The first-order valence-electron chi connectivity index (χ1n) is 7.95. The Hall–Kier alpha value is -3.13. The van der Waals surface area contributed by atoms with E-state index in [9.17, 15) is 0 Å². The van der Waals surface area contributed by atoms with Crippen LogP contribution in [0.3, 0.4) is 0 Å². The van der Waals surface area contributed by atoms with Crippen LogP contribution in [-0.4, -0.2) is 44.7 Å². The predicted octanol–water partition coefficient (Wildman–Crippen LogP) is 2.62. The fourth-order valence-corrected chi connectivity index (χ4v) is 2.26. The van der Waals surface area contributed by atoms with Gasteiger partial charge in [0.1, 0.15) is 11.8 Å². The minimum atomic E-state index is -0.833. The lowest BCUT2D eigenvalue weighted by atomic mass is 10.2. The van der Waals surface area contributed by atoms with Gasteiger partial charge in [-0.2, -0.15) is 0 Å². The van der Waals surface area contributed by atoms with Gasteiger partial charge in [-0.15, -0.1) is 0 Å². The van der Waals surface area contributed by atoms with Gasteiger partial charge >= 0.3 is 0 Å². The van der Waals surface area contributed by atoms with Gasteiger partial charge < -0.3 is 15.2 Å². The van der Waals surface area contributed by atoms with Gasteiger partial charge in [0.2, 0.25) is 0 Å². The highest BCUT2D eigenvalue weighted by atomic mass is 16.5. The van der Waals surface area contributed by atoms with Crippen LogP contribution in [0.25, 0.3) is 11.0 Å². The van der Waals surface area contributed by atoms with Crippen LogP contribution in [0.5, 0.6) is 0 Å². The fourth-order valence-electron chi connectivity index (χ4n) is 2.26. The van der Waals surface area contributed by atoms with E-state index in [2.05, 4.69) is 25.3 Å². The third kappa shape index (κ3) is 5.45. The van der Waals surface area contributed by atoms with Crippen LogP contribution in [-0.2, 0) is 9.53 Å². The smallest absolute Gasteiger partial charge is 0.300 e. The maximum Gasteiger partial charge on any atom is 0.300 e. The summed E-state index contributed by atoms with van der Waals surface area (Å²) in [7, 11) is 1.66. The van der Waals surface area contributed by atoms with Crippen LogP contribution in [0, 0.1) is 6.92 Å². The van der Waals surface area contributed by atoms with E-state index in [-0.39, 0.29) is 6.04 Å². The predicted molar refractivity (Wildman–Crippen MR) is 97.9 cm³/mol. The van der Waals surface area contributed by atoms with Crippen LogP contribution in [0.4, 0.5) is 5.82 Å². The molecule has 8 heteroatoms. The number of nitrogens with zero attached hydrogens (tertiary/aromatic N) is 4. The molecule has 0 aliphatic carbocycles. The summed E-state index contributed by atoms with van der Waals surface area (Å²) < 4.78 is 5.30. The summed E-state index contributed by atoms with van der Waals surface area (Å²) >= 11 is 0. The van der Waals surface area contributed by atoms with Crippen molar-refractivity contribution in [3.05, 3.63) is 54.2 Å². The largest absolute Gasteiger partial charge is 0.481 e. The van der Waals surface area contributed by atoms with Gasteiger partial charge in [-0.25, -0.2) is 15.0 Å². The minimum Gasteiger partial charge on any atom is -0.481 e. The lowest BCUT2D eigenvalue weighted by Crippen LogP contribution is -2.18. The Balaban J connectivity index is 0.000000552. The number of aryl methyl sites for hydroxylation is 1. The zero-order chi connectivity index (χ0) is 18.9. The standard InChI is InChI=1S/C16H17N5O.C2H4O2/c1-11-6-7-13-15(20-11)16(19-10-18-13)21-14(9-22-2)12-5-3-4-8-17-12;1-2(3)4/h3-8,10,14H,9H2,1-2H3,(H,18,19,21);1H3,(H,3,4). The molecule has 0 fully saturated rings. The molecule has 0 saturated heterocycles. The Morgan fingerprint density at radius 3 is 2.65 bits per heavy atom. The summed E-state index contributed by atoms with van der Waals surface area (Å²) in [5.74, 6) is -0.151. The number of carboxylic acid groups (broad SMARTS) is 1. The van der Waals surface area contributed by atoms with Gasteiger partial charge in [0.05, 0.1) is 23.9 Å². The molecule has 2 N–H and O–H groups in total. The number of anilines is 1. The van der Waals surface area contributed by atoms with Crippen molar-refractivity contribution in [3.8, 4) is 0 Å². The molecule has 0 aliphatic heterocycles. The number of aliphatic carboxylic acids is 1. The maximum absolute atomic E-state index is 9.00. The molecule has 1 atom stereocenters. The van der Waals surface area contributed by atoms with Gasteiger partial charge in [0.15, 0.2) is 5.82 Å². The second kappa shape index (κ2) is 9.38. The van der Waals surface area contributed by atoms with Crippen molar-refractivity contribution in [2.24, 2.45) is 0 Å². The third-order valence-corrected chi connectivity index (χ3v) is 3.31. The van der Waals surface area contributed by atoms with E-state index in [0.29, 0.717) is 12.4 Å². The Bertz CT molecular complexity index is 854. The van der Waals surface area contributed by atoms with Crippen molar-refractivity contribution in [2.75, 3.05) is 19.0 Å². The van der Waals surface area contributed by atoms with Gasteiger partial charge in [-0.05, 0) is 31.2 Å². The maximum atomic E-state index is 9.00. The summed E-state index contributed by atoms with van der Waals surface area (Å²) in [5.41, 5.74) is 3.37. The van der Waals surface area contributed by atoms with Crippen LogP contribution >= 0.6 is 0 Å². The second-order valence-electron chi connectivity index (χ2n) is 5.47. The average molecular weight is 355 g/mol. The van der Waals surface area contributed by atoms with Gasteiger partial charge in [-0.3, -0.25) is 9.78 Å². The number of ether oxygens (including phenoxy) is 1. The van der Waals surface area contributed by atoms with Crippen molar-refractivity contribution in [3.63, 3.8) is 0 Å². The van der Waals surface area contributed by atoms with Crippen molar-refractivity contribution >= 4 is 22.8 Å². The molecule has 0 radical (unpaired) electrons. The molecule has 0 aromatic carbocycles. The molecular formula is C18H21N5O3. The van der Waals surface area contributed by atoms with E-state index in [1.165, 1.54) is 6.33 Å².